The number of fused-ring (bicyclic) bond motifs is 2. The second-order valence-corrected chi connectivity index (χ2v) is 10.9. The summed E-state index contributed by atoms with van der Waals surface area (Å²) in [5.74, 6) is 0.379. The molecule has 1 aliphatic carbocycles. The van der Waals surface area contributed by atoms with Crippen LogP contribution in [0.4, 0.5) is 9.18 Å². The van der Waals surface area contributed by atoms with Crippen molar-refractivity contribution < 1.29 is 28.2 Å². The maximum absolute atomic E-state index is 14.0. The van der Waals surface area contributed by atoms with Crippen LogP contribution in [0.3, 0.4) is 0 Å². The molecule has 2 fully saturated rings. The highest BCUT2D eigenvalue weighted by molar-refractivity contribution is 7.15. The third kappa shape index (κ3) is 4.67. The number of likely N-dealkylation sites (tertiary alicyclic amines) is 1. The minimum Gasteiger partial charge on any atom is -0.463 e. The third-order valence-corrected chi connectivity index (χ3v) is 8.10. The van der Waals surface area contributed by atoms with Crippen molar-refractivity contribution in [3.05, 3.63) is 64.0 Å². The Morgan fingerprint density at radius 1 is 1.27 bits per heavy atom. The lowest BCUT2D eigenvalue weighted by molar-refractivity contribution is -0.0180. The summed E-state index contributed by atoms with van der Waals surface area (Å²) in [6, 6.07) is 10.3. The van der Waals surface area contributed by atoms with E-state index in [0.717, 1.165) is 33.5 Å². The quantitative estimate of drug-likeness (QED) is 0.522. The molecule has 192 valence electrons. The molecule has 3 aliphatic rings. The predicted octanol–water partition coefficient (Wildman–Crippen LogP) is 4.68. The summed E-state index contributed by atoms with van der Waals surface area (Å²) in [5.41, 5.74) is 3.02. The van der Waals surface area contributed by atoms with E-state index in [1.807, 2.05) is 36.9 Å². The van der Waals surface area contributed by atoms with Crippen LogP contribution in [0.15, 0.2) is 36.4 Å². The zero-order valence-corrected chi connectivity index (χ0v) is 21.3. The first-order valence-electron chi connectivity index (χ1n) is 12.2. The van der Waals surface area contributed by atoms with Gasteiger partial charge in [-0.25, -0.2) is 14.2 Å². The first kappa shape index (κ1) is 23.9. The molecule has 1 saturated heterocycles. The van der Waals surface area contributed by atoms with E-state index in [1.165, 1.54) is 17.4 Å². The normalized spacial score (nSPS) is 21.6. The molecular formula is C27H26FN3O5S. The molecular weight excluding hydrogens is 497 g/mol. The number of benzene rings is 2. The highest BCUT2D eigenvalue weighted by atomic mass is 32.1. The maximum Gasteiger partial charge on any atom is 0.412 e. The van der Waals surface area contributed by atoms with Crippen molar-refractivity contribution in [2.75, 3.05) is 19.9 Å². The molecule has 3 aromatic rings. The molecule has 2 amide bonds. The summed E-state index contributed by atoms with van der Waals surface area (Å²) in [7, 11) is 0. The molecule has 10 heteroatoms. The lowest BCUT2D eigenvalue weighted by Gasteiger charge is -2.27. The molecule has 3 atom stereocenters. The van der Waals surface area contributed by atoms with Crippen LogP contribution >= 0.6 is 11.3 Å². The number of piperidine rings is 1. The Kier molecular flexibility index (Phi) is 6.08. The van der Waals surface area contributed by atoms with Gasteiger partial charge in [-0.1, -0.05) is 29.8 Å². The Morgan fingerprint density at radius 2 is 2.14 bits per heavy atom. The topological polar surface area (TPSA) is 90.0 Å². The smallest absolute Gasteiger partial charge is 0.412 e. The van der Waals surface area contributed by atoms with Gasteiger partial charge in [0.1, 0.15) is 11.5 Å². The lowest BCUT2D eigenvalue weighted by Crippen LogP contribution is -2.46. The average molecular weight is 524 g/mol. The van der Waals surface area contributed by atoms with Crippen LogP contribution in [-0.2, 0) is 11.3 Å². The number of thiazole rings is 1. The standard InChI is InChI=1S/C27H26FN3O5S/c1-14-4-3-5-16(6-14)25-23(30-15(2)37-25)26(32)31-11-17-8-20(17)21(31)10-29-27(33)36-22-9-19(28)7-18-12-34-13-35-24(18)22/h3-7,9,17,20-21H,8,10-13H2,1-2H3,(H,29,33)/t17-,20-,21+/m0/s1. The Bertz CT molecular complexity index is 1390. The summed E-state index contributed by atoms with van der Waals surface area (Å²) in [6.07, 6.45) is 0.293. The molecule has 0 spiro atoms. The number of hydrogen-bond donors (Lipinski definition) is 1. The highest BCUT2D eigenvalue weighted by Gasteiger charge is 2.54. The zero-order valence-electron chi connectivity index (χ0n) is 20.5. The number of carbonyl (C=O) groups excluding carboxylic acids is 2. The van der Waals surface area contributed by atoms with Crippen molar-refractivity contribution >= 4 is 23.3 Å². The van der Waals surface area contributed by atoms with Crippen LogP contribution in [0.1, 0.15) is 33.0 Å². The van der Waals surface area contributed by atoms with Gasteiger partial charge in [0.15, 0.2) is 18.3 Å². The monoisotopic (exact) mass is 523 g/mol. The number of ether oxygens (including phenoxy) is 3. The van der Waals surface area contributed by atoms with Crippen molar-refractivity contribution in [2.24, 2.45) is 11.8 Å². The van der Waals surface area contributed by atoms with Gasteiger partial charge >= 0.3 is 6.09 Å². The summed E-state index contributed by atoms with van der Waals surface area (Å²) in [5, 5.41) is 3.60. The first-order valence-corrected chi connectivity index (χ1v) is 13.0. The molecule has 2 aliphatic heterocycles. The molecule has 2 aromatic carbocycles. The first-order chi connectivity index (χ1) is 17.9. The number of nitrogens with one attached hydrogen (secondary N) is 1. The van der Waals surface area contributed by atoms with Crippen LogP contribution in [0.25, 0.3) is 10.4 Å². The van der Waals surface area contributed by atoms with Crippen LogP contribution in [0.5, 0.6) is 11.5 Å². The molecule has 0 unspecified atom stereocenters. The number of halogens is 1. The Labute approximate surface area is 217 Å². The van der Waals surface area contributed by atoms with Crippen LogP contribution in [0.2, 0.25) is 0 Å². The largest absolute Gasteiger partial charge is 0.463 e. The molecule has 1 aromatic heterocycles. The van der Waals surface area contributed by atoms with Gasteiger partial charge < -0.3 is 24.4 Å². The second-order valence-electron chi connectivity index (χ2n) is 9.74. The van der Waals surface area contributed by atoms with Gasteiger partial charge in [-0.05, 0) is 43.7 Å². The number of carbonyl (C=O) groups is 2. The van der Waals surface area contributed by atoms with Crippen LogP contribution in [-0.4, -0.2) is 47.8 Å². The molecule has 37 heavy (non-hydrogen) atoms. The molecule has 0 radical (unpaired) electrons. The van der Waals surface area contributed by atoms with Gasteiger partial charge in [0.25, 0.3) is 5.91 Å². The fraction of sp³-hybridized carbons (Fsp3) is 0.370. The SMILES string of the molecule is Cc1cccc(-c2sc(C)nc2C(=O)N2C[C@@H]3C[C@@H]3[C@H]2CNC(=O)Oc2cc(F)cc3c2OCOC3)c1. The summed E-state index contributed by atoms with van der Waals surface area (Å²) < 4.78 is 30.0. The molecule has 3 heterocycles. The summed E-state index contributed by atoms with van der Waals surface area (Å²) in [4.78, 5) is 33.6. The van der Waals surface area contributed by atoms with E-state index in [2.05, 4.69) is 16.4 Å². The maximum atomic E-state index is 14.0. The summed E-state index contributed by atoms with van der Waals surface area (Å²) >= 11 is 1.51. The van der Waals surface area contributed by atoms with Crippen LogP contribution in [0, 0.1) is 31.5 Å². The van der Waals surface area contributed by atoms with Gasteiger partial charge in [0.2, 0.25) is 0 Å². The summed E-state index contributed by atoms with van der Waals surface area (Å²) in [6.45, 7) is 4.97. The van der Waals surface area contributed by atoms with E-state index in [4.69, 9.17) is 14.2 Å². The van der Waals surface area contributed by atoms with Gasteiger partial charge in [-0.2, -0.15) is 0 Å². The fourth-order valence-electron chi connectivity index (χ4n) is 5.30. The van der Waals surface area contributed by atoms with Crippen molar-refractivity contribution in [3.63, 3.8) is 0 Å². The molecule has 0 bridgehead atoms. The van der Waals surface area contributed by atoms with Gasteiger partial charge in [0.05, 0.1) is 22.5 Å². The molecule has 1 saturated carbocycles. The molecule has 1 N–H and O–H groups in total. The number of hydrogen-bond acceptors (Lipinski definition) is 7. The van der Waals surface area contributed by atoms with Crippen molar-refractivity contribution in [2.45, 2.75) is 32.9 Å². The van der Waals surface area contributed by atoms with Crippen LogP contribution < -0.4 is 14.8 Å². The average Bonchev–Trinajstić information content (AvgIpc) is 3.38. The van der Waals surface area contributed by atoms with E-state index in [1.54, 1.807) is 0 Å². The van der Waals surface area contributed by atoms with Crippen molar-refractivity contribution in [3.8, 4) is 21.9 Å². The second kappa shape index (κ2) is 9.42. The molecule has 8 nitrogen and oxygen atoms in total. The number of amides is 2. The zero-order chi connectivity index (χ0) is 25.7. The lowest BCUT2D eigenvalue weighted by atomic mass is 10.1. The van der Waals surface area contributed by atoms with E-state index in [9.17, 15) is 14.0 Å². The van der Waals surface area contributed by atoms with Gasteiger partial charge in [0, 0.05) is 24.7 Å². The van der Waals surface area contributed by atoms with Crippen molar-refractivity contribution in [1.82, 2.24) is 15.2 Å². The van der Waals surface area contributed by atoms with E-state index < -0.39 is 11.9 Å². The Hall–Kier alpha value is -3.50. The number of nitrogens with zero attached hydrogens (tertiary/aromatic N) is 2. The predicted molar refractivity (Wildman–Crippen MR) is 134 cm³/mol. The number of rotatable bonds is 5. The van der Waals surface area contributed by atoms with Crippen molar-refractivity contribution in [1.29, 1.82) is 0 Å². The minimum absolute atomic E-state index is 0.000183. The Morgan fingerprint density at radius 3 is 2.97 bits per heavy atom. The number of aromatic nitrogens is 1. The van der Waals surface area contributed by atoms with E-state index in [0.29, 0.717) is 35.4 Å². The van der Waals surface area contributed by atoms with E-state index >= 15 is 0 Å². The fourth-order valence-corrected chi connectivity index (χ4v) is 6.21. The number of aryl methyl sites for hydroxylation is 2. The third-order valence-electron chi connectivity index (χ3n) is 7.08. The highest BCUT2D eigenvalue weighted by Crippen LogP contribution is 2.50. The van der Waals surface area contributed by atoms with Gasteiger partial charge in [-0.15, -0.1) is 11.3 Å². The molecule has 6 rings (SSSR count). The minimum atomic E-state index is -0.732. The van der Waals surface area contributed by atoms with Gasteiger partial charge in [-0.3, -0.25) is 4.79 Å². The Balaban J connectivity index is 1.17. The van der Waals surface area contributed by atoms with E-state index in [-0.39, 0.29) is 37.6 Å².